The molecule has 106 valence electrons. The zero-order chi connectivity index (χ0) is 14.4. The second-order valence-corrected chi connectivity index (χ2v) is 5.27. The summed E-state index contributed by atoms with van der Waals surface area (Å²) in [5.74, 6) is 0. The van der Waals surface area contributed by atoms with Gasteiger partial charge in [0.1, 0.15) is 0 Å². The first kappa shape index (κ1) is 14.5. The van der Waals surface area contributed by atoms with Crippen LogP contribution in [0.4, 0.5) is 10.7 Å². The van der Waals surface area contributed by atoms with Crippen LogP contribution in [0.3, 0.4) is 0 Å². The van der Waals surface area contributed by atoms with Crippen LogP contribution in [0.25, 0.3) is 0 Å². The van der Waals surface area contributed by atoms with Crippen LogP contribution in [0.15, 0.2) is 41.8 Å². The number of rotatable bonds is 7. The molecule has 0 aliphatic carbocycles. The van der Waals surface area contributed by atoms with E-state index in [0.717, 1.165) is 22.6 Å². The van der Waals surface area contributed by atoms with Gasteiger partial charge in [-0.15, -0.1) is 0 Å². The van der Waals surface area contributed by atoms with Crippen LogP contribution in [0.2, 0.25) is 0 Å². The van der Waals surface area contributed by atoms with Crippen LogP contribution in [0.1, 0.15) is 12.0 Å². The number of nitro groups is 1. The maximum Gasteiger partial charge on any atom is 0.324 e. The van der Waals surface area contributed by atoms with E-state index in [0.29, 0.717) is 19.5 Å². The Kier molecular flexibility index (Phi) is 5.09. The Morgan fingerprint density at radius 2 is 2.05 bits per heavy atom. The minimum absolute atomic E-state index is 0.132. The number of hydrogen-bond donors (Lipinski definition) is 1. The van der Waals surface area contributed by atoms with Crippen molar-refractivity contribution in [3.05, 3.63) is 57.5 Å². The van der Waals surface area contributed by atoms with Crippen molar-refractivity contribution in [3.63, 3.8) is 0 Å². The van der Waals surface area contributed by atoms with E-state index in [1.807, 2.05) is 35.7 Å². The average molecular weight is 292 g/mol. The Hall–Kier alpha value is -1.92. The van der Waals surface area contributed by atoms with E-state index in [1.165, 1.54) is 0 Å². The summed E-state index contributed by atoms with van der Waals surface area (Å²) in [6, 6.07) is 11.5. The molecule has 0 bridgehead atoms. The van der Waals surface area contributed by atoms with Crippen molar-refractivity contribution in [1.29, 1.82) is 0 Å². The predicted octanol–water partition coefficient (Wildman–Crippen LogP) is 3.05. The van der Waals surface area contributed by atoms with Gasteiger partial charge < -0.3 is 10.0 Å². The standard InChI is InChI=1S/C14H16N2O3S/c17-8-4-7-15(13-5-2-1-3-6-13)10-12-9-14(16(18)19)20-11-12/h1-3,5-6,9,11,17H,4,7-8,10H2. The molecule has 0 amide bonds. The van der Waals surface area contributed by atoms with Gasteiger partial charge >= 0.3 is 5.00 Å². The zero-order valence-electron chi connectivity index (χ0n) is 10.9. The Morgan fingerprint density at radius 1 is 1.30 bits per heavy atom. The largest absolute Gasteiger partial charge is 0.396 e. The third-order valence-electron chi connectivity index (χ3n) is 2.90. The number of para-hydroxylation sites is 1. The van der Waals surface area contributed by atoms with Gasteiger partial charge in [-0.25, -0.2) is 0 Å². The molecule has 0 atom stereocenters. The van der Waals surface area contributed by atoms with Gasteiger partial charge in [0.15, 0.2) is 0 Å². The molecule has 1 heterocycles. The summed E-state index contributed by atoms with van der Waals surface area (Å²) in [5.41, 5.74) is 1.97. The molecule has 5 nitrogen and oxygen atoms in total. The summed E-state index contributed by atoms with van der Waals surface area (Å²) >= 11 is 1.14. The molecular formula is C14H16N2O3S. The number of aliphatic hydroxyl groups excluding tert-OH is 1. The Labute approximate surface area is 121 Å². The first-order valence-corrected chi connectivity index (χ1v) is 7.21. The smallest absolute Gasteiger partial charge is 0.324 e. The molecule has 0 unspecified atom stereocenters. The SMILES string of the molecule is O=[N+]([O-])c1cc(CN(CCCO)c2ccccc2)cs1. The van der Waals surface area contributed by atoms with Crippen LogP contribution in [0, 0.1) is 10.1 Å². The van der Waals surface area contributed by atoms with Crippen molar-refractivity contribution in [2.75, 3.05) is 18.1 Å². The van der Waals surface area contributed by atoms with Crippen molar-refractivity contribution in [1.82, 2.24) is 0 Å². The first-order valence-electron chi connectivity index (χ1n) is 6.33. The van der Waals surface area contributed by atoms with E-state index >= 15 is 0 Å². The van der Waals surface area contributed by atoms with Gasteiger partial charge in [0.25, 0.3) is 0 Å². The molecule has 6 heteroatoms. The molecule has 1 aromatic carbocycles. The molecule has 2 aromatic rings. The summed E-state index contributed by atoms with van der Waals surface area (Å²) in [7, 11) is 0. The highest BCUT2D eigenvalue weighted by Crippen LogP contribution is 2.25. The fraction of sp³-hybridized carbons (Fsp3) is 0.286. The fourth-order valence-corrected chi connectivity index (χ4v) is 2.68. The van der Waals surface area contributed by atoms with Gasteiger partial charge in [0, 0.05) is 36.8 Å². The first-order chi connectivity index (χ1) is 9.70. The number of benzene rings is 1. The molecule has 1 aromatic heterocycles. The summed E-state index contributed by atoms with van der Waals surface area (Å²) in [4.78, 5) is 12.5. The topological polar surface area (TPSA) is 66.6 Å². The van der Waals surface area contributed by atoms with Gasteiger partial charge in [0.05, 0.1) is 4.92 Å². The molecule has 0 radical (unpaired) electrons. The summed E-state index contributed by atoms with van der Waals surface area (Å²) in [5, 5.41) is 21.7. The summed E-state index contributed by atoms with van der Waals surface area (Å²) < 4.78 is 0. The van der Waals surface area contributed by atoms with Crippen molar-refractivity contribution in [2.45, 2.75) is 13.0 Å². The highest BCUT2D eigenvalue weighted by molar-refractivity contribution is 7.13. The minimum atomic E-state index is -0.366. The van der Waals surface area contributed by atoms with E-state index < -0.39 is 0 Å². The molecule has 20 heavy (non-hydrogen) atoms. The van der Waals surface area contributed by atoms with Crippen LogP contribution < -0.4 is 4.90 Å². The van der Waals surface area contributed by atoms with Gasteiger partial charge in [0.2, 0.25) is 0 Å². The van der Waals surface area contributed by atoms with Gasteiger partial charge in [-0.1, -0.05) is 29.5 Å². The molecule has 0 spiro atoms. The summed E-state index contributed by atoms with van der Waals surface area (Å²) in [6.45, 7) is 1.45. The second kappa shape index (κ2) is 7.02. The van der Waals surface area contributed by atoms with Crippen LogP contribution in [-0.4, -0.2) is 23.2 Å². The molecule has 0 saturated heterocycles. The van der Waals surface area contributed by atoms with Gasteiger partial charge in [-0.05, 0) is 24.1 Å². The molecule has 0 fully saturated rings. The molecule has 1 N–H and O–H groups in total. The lowest BCUT2D eigenvalue weighted by atomic mass is 10.2. The predicted molar refractivity (Wildman–Crippen MR) is 80.2 cm³/mol. The second-order valence-electron chi connectivity index (χ2n) is 4.38. The fourth-order valence-electron chi connectivity index (χ4n) is 1.96. The van der Waals surface area contributed by atoms with Crippen LogP contribution in [-0.2, 0) is 6.54 Å². The molecule has 0 aliphatic rings. The van der Waals surface area contributed by atoms with Crippen molar-refractivity contribution >= 4 is 22.0 Å². The monoisotopic (exact) mass is 292 g/mol. The quantitative estimate of drug-likeness (QED) is 0.629. The van der Waals surface area contributed by atoms with E-state index in [1.54, 1.807) is 6.07 Å². The molecule has 2 rings (SSSR count). The molecule has 0 aliphatic heterocycles. The highest BCUT2D eigenvalue weighted by Gasteiger charge is 2.13. The zero-order valence-corrected chi connectivity index (χ0v) is 11.8. The third-order valence-corrected chi connectivity index (χ3v) is 3.83. The van der Waals surface area contributed by atoms with Gasteiger partial charge in [-0.2, -0.15) is 0 Å². The number of aliphatic hydroxyl groups is 1. The Bertz CT molecular complexity index is 557. The van der Waals surface area contributed by atoms with E-state index in [9.17, 15) is 10.1 Å². The lowest BCUT2D eigenvalue weighted by Crippen LogP contribution is -2.24. The number of anilines is 1. The average Bonchev–Trinajstić information content (AvgIpc) is 2.93. The number of hydrogen-bond acceptors (Lipinski definition) is 5. The molecule has 0 saturated carbocycles. The van der Waals surface area contributed by atoms with Crippen molar-refractivity contribution in [2.24, 2.45) is 0 Å². The van der Waals surface area contributed by atoms with Gasteiger partial charge in [-0.3, -0.25) is 10.1 Å². The Morgan fingerprint density at radius 3 is 2.65 bits per heavy atom. The van der Waals surface area contributed by atoms with Crippen molar-refractivity contribution in [3.8, 4) is 0 Å². The maximum atomic E-state index is 10.7. The third kappa shape index (κ3) is 3.79. The number of thiophene rings is 1. The number of nitrogens with zero attached hydrogens (tertiary/aromatic N) is 2. The normalized spacial score (nSPS) is 10.4. The minimum Gasteiger partial charge on any atom is -0.396 e. The van der Waals surface area contributed by atoms with Crippen molar-refractivity contribution < 1.29 is 10.0 Å². The lowest BCUT2D eigenvalue weighted by Gasteiger charge is -2.24. The lowest BCUT2D eigenvalue weighted by molar-refractivity contribution is -0.380. The van der Waals surface area contributed by atoms with Crippen LogP contribution in [0.5, 0.6) is 0 Å². The molecular weight excluding hydrogens is 276 g/mol. The van der Waals surface area contributed by atoms with Crippen LogP contribution >= 0.6 is 11.3 Å². The van der Waals surface area contributed by atoms with E-state index in [2.05, 4.69) is 4.90 Å². The maximum absolute atomic E-state index is 10.7. The highest BCUT2D eigenvalue weighted by atomic mass is 32.1. The summed E-state index contributed by atoms with van der Waals surface area (Å²) in [6.07, 6.45) is 0.668. The van der Waals surface area contributed by atoms with E-state index in [4.69, 9.17) is 5.11 Å². The van der Waals surface area contributed by atoms with E-state index in [-0.39, 0.29) is 16.5 Å². The Balaban J connectivity index is 2.12.